The highest BCUT2D eigenvalue weighted by atomic mass is 15.3. The van der Waals surface area contributed by atoms with Crippen LogP contribution in [-0.4, -0.2) is 41.9 Å². The van der Waals surface area contributed by atoms with Crippen molar-refractivity contribution in [3.05, 3.63) is 48.3 Å². The quantitative estimate of drug-likeness (QED) is 0.770. The fourth-order valence-electron chi connectivity index (χ4n) is 1.98. The second-order valence-corrected chi connectivity index (χ2v) is 4.95. The lowest BCUT2D eigenvalue weighted by Gasteiger charge is -2.10. The van der Waals surface area contributed by atoms with E-state index in [-0.39, 0.29) is 0 Å². The highest BCUT2D eigenvalue weighted by Crippen LogP contribution is 2.09. The third kappa shape index (κ3) is 4.50. The molecule has 4 nitrogen and oxygen atoms in total. The number of nitrogens with one attached hydrogen (secondary N) is 1. The van der Waals surface area contributed by atoms with Gasteiger partial charge in [0.15, 0.2) is 0 Å². The molecule has 1 heterocycles. The van der Waals surface area contributed by atoms with Crippen LogP contribution in [0.5, 0.6) is 0 Å². The van der Waals surface area contributed by atoms with Crippen molar-refractivity contribution in [3.63, 3.8) is 0 Å². The summed E-state index contributed by atoms with van der Waals surface area (Å²) in [4.78, 5) is 2.21. The first-order valence-corrected chi connectivity index (χ1v) is 6.70. The summed E-state index contributed by atoms with van der Waals surface area (Å²) >= 11 is 0. The summed E-state index contributed by atoms with van der Waals surface area (Å²) in [6, 6.07) is 10.4. The van der Waals surface area contributed by atoms with Crippen LogP contribution >= 0.6 is 0 Å². The van der Waals surface area contributed by atoms with Crippen molar-refractivity contribution >= 4 is 0 Å². The second kappa shape index (κ2) is 7.07. The van der Waals surface area contributed by atoms with Crippen LogP contribution in [0, 0.1) is 0 Å². The third-order valence-corrected chi connectivity index (χ3v) is 2.97. The molecule has 0 saturated carbocycles. The molecule has 1 aromatic carbocycles. The molecular weight excluding hydrogens is 236 g/mol. The molecule has 102 valence electrons. The van der Waals surface area contributed by atoms with Crippen LogP contribution in [0.15, 0.2) is 42.7 Å². The van der Waals surface area contributed by atoms with E-state index in [9.17, 15) is 0 Å². The average molecular weight is 258 g/mol. The van der Waals surface area contributed by atoms with E-state index in [1.165, 1.54) is 12.0 Å². The van der Waals surface area contributed by atoms with Gasteiger partial charge in [-0.05, 0) is 57.4 Å². The summed E-state index contributed by atoms with van der Waals surface area (Å²) in [5, 5.41) is 7.72. The van der Waals surface area contributed by atoms with Gasteiger partial charge in [0.05, 0.1) is 5.69 Å². The van der Waals surface area contributed by atoms with Gasteiger partial charge in [0, 0.05) is 18.9 Å². The molecule has 0 spiro atoms. The van der Waals surface area contributed by atoms with Gasteiger partial charge in [-0.25, -0.2) is 4.68 Å². The minimum atomic E-state index is 0.905. The molecule has 0 saturated heterocycles. The molecule has 4 heteroatoms. The Morgan fingerprint density at radius 1 is 1.26 bits per heavy atom. The van der Waals surface area contributed by atoms with Gasteiger partial charge in [0.2, 0.25) is 0 Å². The number of nitrogens with zero attached hydrogens (tertiary/aromatic N) is 3. The zero-order valence-electron chi connectivity index (χ0n) is 11.7. The summed E-state index contributed by atoms with van der Waals surface area (Å²) in [5.41, 5.74) is 2.40. The van der Waals surface area contributed by atoms with E-state index in [4.69, 9.17) is 0 Å². The zero-order chi connectivity index (χ0) is 13.5. The molecule has 2 rings (SSSR count). The number of hydrogen-bond donors (Lipinski definition) is 1. The zero-order valence-corrected chi connectivity index (χ0v) is 11.7. The van der Waals surface area contributed by atoms with Gasteiger partial charge in [0.1, 0.15) is 0 Å². The lowest BCUT2D eigenvalue weighted by atomic mass is 10.2. The monoisotopic (exact) mass is 258 g/mol. The molecule has 0 atom stereocenters. The Balaban J connectivity index is 1.83. The summed E-state index contributed by atoms with van der Waals surface area (Å²) in [5.74, 6) is 0. The van der Waals surface area contributed by atoms with Gasteiger partial charge < -0.3 is 10.2 Å². The number of hydrogen-bond acceptors (Lipinski definition) is 3. The molecule has 19 heavy (non-hydrogen) atoms. The Morgan fingerprint density at radius 2 is 2.16 bits per heavy atom. The number of rotatable bonds is 7. The Hall–Kier alpha value is -1.65. The molecule has 1 N–H and O–H groups in total. The first kappa shape index (κ1) is 13.8. The van der Waals surface area contributed by atoms with Gasteiger partial charge in [-0.1, -0.05) is 12.1 Å². The molecule has 0 amide bonds. The van der Waals surface area contributed by atoms with E-state index in [1.54, 1.807) is 6.20 Å². The maximum absolute atomic E-state index is 4.25. The Labute approximate surface area is 115 Å². The summed E-state index contributed by atoms with van der Waals surface area (Å²) in [6.45, 7) is 3.08. The van der Waals surface area contributed by atoms with Crippen molar-refractivity contribution in [2.75, 3.05) is 27.2 Å². The summed E-state index contributed by atoms with van der Waals surface area (Å²) in [6.07, 6.45) is 4.93. The predicted octanol–water partition coefficient (Wildman–Crippen LogP) is 1.91. The van der Waals surface area contributed by atoms with Gasteiger partial charge in [0.25, 0.3) is 0 Å². The minimum absolute atomic E-state index is 0.905. The van der Waals surface area contributed by atoms with Crippen LogP contribution in [0.3, 0.4) is 0 Å². The average Bonchev–Trinajstić information content (AvgIpc) is 2.92. The summed E-state index contributed by atoms with van der Waals surface area (Å²) < 4.78 is 1.88. The van der Waals surface area contributed by atoms with Crippen LogP contribution in [0.25, 0.3) is 5.69 Å². The highest BCUT2D eigenvalue weighted by Gasteiger charge is 1.98. The van der Waals surface area contributed by atoms with Gasteiger partial charge in [-0.3, -0.25) is 0 Å². The van der Waals surface area contributed by atoms with Crippen molar-refractivity contribution in [1.29, 1.82) is 0 Å². The molecular formula is C15H22N4. The number of benzene rings is 1. The Bertz CT molecular complexity index is 477. The third-order valence-electron chi connectivity index (χ3n) is 2.97. The molecule has 0 bridgehead atoms. The van der Waals surface area contributed by atoms with Crippen molar-refractivity contribution < 1.29 is 0 Å². The first-order valence-electron chi connectivity index (χ1n) is 6.70. The van der Waals surface area contributed by atoms with Gasteiger partial charge in [-0.2, -0.15) is 5.10 Å². The smallest absolute Gasteiger partial charge is 0.0648 e. The standard InChI is InChI=1S/C15H22N4/c1-18(2)10-4-8-16-13-14-6-3-7-15(12-14)19-11-5-9-17-19/h3,5-7,9,11-12,16H,4,8,10,13H2,1-2H3. The molecule has 0 unspecified atom stereocenters. The highest BCUT2D eigenvalue weighted by molar-refractivity contribution is 5.34. The fraction of sp³-hybridized carbons (Fsp3) is 0.400. The topological polar surface area (TPSA) is 33.1 Å². The number of aromatic nitrogens is 2. The van der Waals surface area contributed by atoms with Gasteiger partial charge >= 0.3 is 0 Å². The summed E-state index contributed by atoms with van der Waals surface area (Å²) in [7, 11) is 4.21. The van der Waals surface area contributed by atoms with E-state index >= 15 is 0 Å². The van der Waals surface area contributed by atoms with E-state index in [1.807, 2.05) is 16.9 Å². The SMILES string of the molecule is CN(C)CCCNCc1cccc(-n2cccn2)c1. The van der Waals surface area contributed by atoms with Crippen LogP contribution in [0.4, 0.5) is 0 Å². The lowest BCUT2D eigenvalue weighted by molar-refractivity contribution is 0.394. The van der Waals surface area contributed by atoms with Crippen LogP contribution in [0.1, 0.15) is 12.0 Å². The van der Waals surface area contributed by atoms with Crippen molar-refractivity contribution in [2.45, 2.75) is 13.0 Å². The molecule has 0 radical (unpaired) electrons. The fourth-order valence-corrected chi connectivity index (χ4v) is 1.98. The molecule has 0 aliphatic carbocycles. The molecule has 0 aliphatic heterocycles. The van der Waals surface area contributed by atoms with E-state index in [0.717, 1.165) is 25.3 Å². The van der Waals surface area contributed by atoms with Crippen molar-refractivity contribution in [1.82, 2.24) is 20.0 Å². The van der Waals surface area contributed by atoms with E-state index in [0.29, 0.717) is 0 Å². The van der Waals surface area contributed by atoms with Crippen LogP contribution in [-0.2, 0) is 6.54 Å². The van der Waals surface area contributed by atoms with Crippen molar-refractivity contribution in [2.24, 2.45) is 0 Å². The van der Waals surface area contributed by atoms with Gasteiger partial charge in [-0.15, -0.1) is 0 Å². The molecule has 1 aromatic heterocycles. The normalized spacial score (nSPS) is 11.1. The maximum Gasteiger partial charge on any atom is 0.0648 e. The predicted molar refractivity (Wildman–Crippen MR) is 78.4 cm³/mol. The molecule has 2 aromatic rings. The molecule has 0 fully saturated rings. The Morgan fingerprint density at radius 3 is 2.89 bits per heavy atom. The minimum Gasteiger partial charge on any atom is -0.313 e. The largest absolute Gasteiger partial charge is 0.313 e. The Kier molecular flexibility index (Phi) is 5.12. The first-order chi connectivity index (χ1) is 9.25. The van der Waals surface area contributed by atoms with Crippen LogP contribution in [0.2, 0.25) is 0 Å². The van der Waals surface area contributed by atoms with Crippen LogP contribution < -0.4 is 5.32 Å². The van der Waals surface area contributed by atoms with E-state index < -0.39 is 0 Å². The maximum atomic E-state index is 4.25. The second-order valence-electron chi connectivity index (χ2n) is 4.95. The lowest BCUT2D eigenvalue weighted by Crippen LogP contribution is -2.21. The molecule has 0 aliphatic rings. The van der Waals surface area contributed by atoms with Crippen molar-refractivity contribution in [3.8, 4) is 5.69 Å². The van der Waals surface area contributed by atoms with E-state index in [2.05, 4.69) is 53.7 Å².